The third-order valence-electron chi connectivity index (χ3n) is 3.85. The van der Waals surface area contributed by atoms with Crippen LogP contribution in [0.25, 0.3) is 6.08 Å². The number of hydrazine groups is 1. The van der Waals surface area contributed by atoms with Crippen LogP contribution in [0.15, 0.2) is 42.0 Å². The number of aromatic hydroxyl groups is 1. The number of benzene rings is 2. The average Bonchev–Trinajstić information content (AvgIpc) is 2.88. The fourth-order valence-corrected chi connectivity index (χ4v) is 3.17. The fourth-order valence-electron chi connectivity index (χ4n) is 2.54. The number of halogens is 1. The summed E-state index contributed by atoms with van der Waals surface area (Å²) < 4.78 is 5.97. The largest absolute Gasteiger partial charge is 0.504 e. The maximum atomic E-state index is 12.7. The lowest BCUT2D eigenvalue weighted by atomic mass is 10.1. The minimum atomic E-state index is -0.475. The van der Waals surface area contributed by atoms with Crippen molar-refractivity contribution in [1.82, 2.24) is 5.43 Å². The van der Waals surface area contributed by atoms with Gasteiger partial charge in [-0.1, -0.05) is 17.7 Å². The lowest BCUT2D eigenvalue weighted by molar-refractivity contribution is -0.117. The summed E-state index contributed by atoms with van der Waals surface area (Å²) in [5, 5.41) is 11.2. The molecule has 1 saturated heterocycles. The summed E-state index contributed by atoms with van der Waals surface area (Å²) in [5.74, 6) is -0.554. The number of nitrogens with zero attached hydrogens (tertiary/aromatic N) is 1. The summed E-state index contributed by atoms with van der Waals surface area (Å²) >= 11 is 1.97. The van der Waals surface area contributed by atoms with Gasteiger partial charge >= 0.3 is 0 Å². The quantitative estimate of drug-likeness (QED) is 0.414. The zero-order valence-electron chi connectivity index (χ0n) is 14.2. The fraction of sp³-hybridized carbons (Fsp3) is 0.158. The van der Waals surface area contributed by atoms with E-state index in [4.69, 9.17) is 4.74 Å². The molecular formula is C19H17IN2O4. The zero-order chi connectivity index (χ0) is 18.8. The Balaban J connectivity index is 1.95. The van der Waals surface area contributed by atoms with Gasteiger partial charge in [0.05, 0.1) is 15.9 Å². The first kappa shape index (κ1) is 18.2. The lowest BCUT2D eigenvalue weighted by Crippen LogP contribution is -2.35. The number of phenolic OH excluding ortho intramolecular Hbond substituents is 1. The number of amides is 2. The van der Waals surface area contributed by atoms with Crippen LogP contribution in [-0.4, -0.2) is 23.5 Å². The number of anilines is 1. The van der Waals surface area contributed by atoms with E-state index in [0.29, 0.717) is 27.2 Å². The molecule has 2 N–H and O–H groups in total. The Labute approximate surface area is 164 Å². The van der Waals surface area contributed by atoms with Crippen molar-refractivity contribution in [2.75, 3.05) is 11.6 Å². The lowest BCUT2D eigenvalue weighted by Gasteiger charge is -2.14. The van der Waals surface area contributed by atoms with Crippen LogP contribution in [0.2, 0.25) is 0 Å². The standard InChI is InChI=1S/C19H17IN2O4/c1-3-26-16-10-12(9-15(20)17(16)23)8-14-18(24)21-22(19(14)25)13-6-4-11(2)5-7-13/h4-10,23H,3H2,1-2H3,(H,21,24)/b14-8+. The van der Waals surface area contributed by atoms with Gasteiger partial charge in [0.25, 0.3) is 11.8 Å². The number of rotatable bonds is 4. The van der Waals surface area contributed by atoms with E-state index < -0.39 is 11.8 Å². The van der Waals surface area contributed by atoms with E-state index in [2.05, 4.69) is 5.43 Å². The van der Waals surface area contributed by atoms with Crippen LogP contribution in [0, 0.1) is 10.5 Å². The molecule has 0 atom stereocenters. The predicted molar refractivity (Wildman–Crippen MR) is 107 cm³/mol. The molecule has 1 fully saturated rings. The third-order valence-corrected chi connectivity index (χ3v) is 4.67. The van der Waals surface area contributed by atoms with Crippen LogP contribution >= 0.6 is 22.6 Å². The number of phenols is 1. The molecule has 0 aliphatic carbocycles. The van der Waals surface area contributed by atoms with Gasteiger partial charge in [0.15, 0.2) is 11.5 Å². The summed E-state index contributed by atoms with van der Waals surface area (Å²) in [6.45, 7) is 4.15. The van der Waals surface area contributed by atoms with Crippen molar-refractivity contribution < 1.29 is 19.4 Å². The molecule has 2 amide bonds. The Bertz CT molecular complexity index is 907. The van der Waals surface area contributed by atoms with Crippen molar-refractivity contribution in [1.29, 1.82) is 0 Å². The molecule has 1 aliphatic heterocycles. The smallest absolute Gasteiger partial charge is 0.282 e. The Kier molecular flexibility index (Phi) is 5.17. The van der Waals surface area contributed by atoms with Gasteiger partial charge in [-0.05, 0) is 72.3 Å². The van der Waals surface area contributed by atoms with Crippen LogP contribution in [0.1, 0.15) is 18.1 Å². The predicted octanol–water partition coefficient (Wildman–Crippen LogP) is 3.17. The Morgan fingerprint density at radius 1 is 1.23 bits per heavy atom. The summed E-state index contributed by atoms with van der Waals surface area (Å²) in [7, 11) is 0. The second-order valence-electron chi connectivity index (χ2n) is 5.76. The van der Waals surface area contributed by atoms with Gasteiger partial charge in [-0.15, -0.1) is 0 Å². The van der Waals surface area contributed by atoms with Crippen LogP contribution in [0.4, 0.5) is 5.69 Å². The van der Waals surface area contributed by atoms with Crippen molar-refractivity contribution in [2.45, 2.75) is 13.8 Å². The number of hydrogen-bond donors (Lipinski definition) is 2. The van der Waals surface area contributed by atoms with Crippen LogP contribution in [0.3, 0.4) is 0 Å². The number of carbonyl (C=O) groups is 2. The maximum Gasteiger partial charge on any atom is 0.282 e. The number of carbonyl (C=O) groups excluding carboxylic acids is 2. The van der Waals surface area contributed by atoms with Gasteiger partial charge in [0, 0.05) is 0 Å². The molecule has 0 unspecified atom stereocenters. The molecule has 0 saturated carbocycles. The SMILES string of the molecule is CCOc1cc(/C=C2\C(=O)NN(c3ccc(C)cc3)C2=O)cc(I)c1O. The molecule has 1 aliphatic rings. The highest BCUT2D eigenvalue weighted by Gasteiger charge is 2.34. The molecule has 6 nitrogen and oxygen atoms in total. The molecule has 1 heterocycles. The maximum absolute atomic E-state index is 12.7. The van der Waals surface area contributed by atoms with Gasteiger partial charge < -0.3 is 9.84 Å². The normalized spacial score (nSPS) is 15.5. The Morgan fingerprint density at radius 2 is 1.92 bits per heavy atom. The summed E-state index contributed by atoms with van der Waals surface area (Å²) in [6.07, 6.45) is 1.50. The van der Waals surface area contributed by atoms with Gasteiger partial charge in [0.1, 0.15) is 5.57 Å². The van der Waals surface area contributed by atoms with Gasteiger partial charge in [0.2, 0.25) is 0 Å². The highest BCUT2D eigenvalue weighted by molar-refractivity contribution is 14.1. The number of ether oxygens (including phenoxy) is 1. The van der Waals surface area contributed by atoms with Crippen molar-refractivity contribution in [3.05, 3.63) is 56.7 Å². The molecular weight excluding hydrogens is 447 g/mol. The highest BCUT2D eigenvalue weighted by atomic mass is 127. The topological polar surface area (TPSA) is 78.9 Å². The molecule has 0 aromatic heterocycles. The molecule has 3 rings (SSSR count). The average molecular weight is 464 g/mol. The molecule has 2 aromatic carbocycles. The molecule has 26 heavy (non-hydrogen) atoms. The molecule has 0 bridgehead atoms. The third kappa shape index (κ3) is 3.52. The first-order valence-electron chi connectivity index (χ1n) is 7.99. The Hall–Kier alpha value is -2.55. The molecule has 2 aromatic rings. The van der Waals surface area contributed by atoms with E-state index in [1.807, 2.05) is 48.6 Å². The van der Waals surface area contributed by atoms with E-state index in [1.54, 1.807) is 24.3 Å². The molecule has 0 spiro atoms. The van der Waals surface area contributed by atoms with E-state index in [1.165, 1.54) is 11.1 Å². The van der Waals surface area contributed by atoms with E-state index in [0.717, 1.165) is 5.56 Å². The first-order chi connectivity index (χ1) is 12.4. The minimum Gasteiger partial charge on any atom is -0.504 e. The molecule has 7 heteroatoms. The molecule has 134 valence electrons. The molecule has 0 radical (unpaired) electrons. The van der Waals surface area contributed by atoms with Crippen molar-refractivity contribution in [2.24, 2.45) is 0 Å². The van der Waals surface area contributed by atoms with Gasteiger partial charge in [-0.2, -0.15) is 0 Å². The zero-order valence-corrected chi connectivity index (χ0v) is 16.4. The minimum absolute atomic E-state index is 0.0227. The van der Waals surface area contributed by atoms with E-state index >= 15 is 0 Å². The number of nitrogens with one attached hydrogen (secondary N) is 1. The summed E-state index contributed by atoms with van der Waals surface area (Å²) in [4.78, 5) is 24.9. The monoisotopic (exact) mass is 464 g/mol. The second-order valence-corrected chi connectivity index (χ2v) is 6.92. The van der Waals surface area contributed by atoms with Crippen molar-refractivity contribution in [3.63, 3.8) is 0 Å². The van der Waals surface area contributed by atoms with Crippen LogP contribution in [0.5, 0.6) is 11.5 Å². The summed E-state index contributed by atoms with van der Waals surface area (Å²) in [5.41, 5.74) is 4.84. The second kappa shape index (κ2) is 7.36. The number of aryl methyl sites for hydroxylation is 1. The summed E-state index contributed by atoms with van der Waals surface area (Å²) in [6, 6.07) is 10.6. The van der Waals surface area contributed by atoms with Crippen molar-refractivity contribution in [3.8, 4) is 11.5 Å². The number of hydrogen-bond acceptors (Lipinski definition) is 4. The van der Waals surface area contributed by atoms with E-state index in [-0.39, 0.29) is 11.3 Å². The van der Waals surface area contributed by atoms with Gasteiger partial charge in [-0.3, -0.25) is 15.0 Å². The van der Waals surface area contributed by atoms with Crippen LogP contribution in [-0.2, 0) is 9.59 Å². The Morgan fingerprint density at radius 3 is 2.58 bits per heavy atom. The first-order valence-corrected chi connectivity index (χ1v) is 9.07. The highest BCUT2D eigenvalue weighted by Crippen LogP contribution is 2.34. The van der Waals surface area contributed by atoms with Crippen LogP contribution < -0.4 is 15.2 Å². The van der Waals surface area contributed by atoms with E-state index in [9.17, 15) is 14.7 Å². The van der Waals surface area contributed by atoms with Gasteiger partial charge in [-0.25, -0.2) is 5.01 Å². The van der Waals surface area contributed by atoms with Crippen molar-refractivity contribution >= 4 is 46.2 Å².